The molecular formula is C24H25Cl2N5O3S. The lowest BCUT2D eigenvalue weighted by Gasteiger charge is -2.16. The lowest BCUT2D eigenvalue weighted by molar-refractivity contribution is -0.113. The highest BCUT2D eigenvalue weighted by Crippen LogP contribution is 2.27. The summed E-state index contributed by atoms with van der Waals surface area (Å²) in [5, 5.41) is 15.4. The Balaban J connectivity index is 1.70. The zero-order valence-electron chi connectivity index (χ0n) is 19.5. The molecule has 2 N–H and O–H groups in total. The Kier molecular flexibility index (Phi) is 9.20. The van der Waals surface area contributed by atoms with Crippen molar-refractivity contribution < 1.29 is 14.3 Å². The molecule has 2 amide bonds. The summed E-state index contributed by atoms with van der Waals surface area (Å²) in [6.07, 6.45) is 1.69. The Morgan fingerprint density at radius 3 is 2.69 bits per heavy atom. The standard InChI is InChI=1S/C24H25Cl2N5O3S/c1-5-10-31-22(15(3)27-23(33)17-8-7-16(25)12-18(17)26)29-30-24(31)35-13-21(32)28-19-11-14(2)6-9-20(19)34-4/h5-9,11-12,15H,1,10,13H2,2-4H3,(H,27,33)(H,28,32). The van der Waals surface area contributed by atoms with Crippen molar-refractivity contribution in [3.05, 3.63) is 76.0 Å². The maximum atomic E-state index is 12.7. The molecule has 0 bridgehead atoms. The normalized spacial score (nSPS) is 11.6. The van der Waals surface area contributed by atoms with Gasteiger partial charge in [0.15, 0.2) is 11.0 Å². The fourth-order valence-electron chi connectivity index (χ4n) is 3.28. The van der Waals surface area contributed by atoms with Crippen molar-refractivity contribution in [1.29, 1.82) is 0 Å². The number of carbonyl (C=O) groups excluding carboxylic acids is 2. The summed E-state index contributed by atoms with van der Waals surface area (Å²) in [5.74, 6) is 0.622. The molecule has 0 aliphatic heterocycles. The molecule has 1 unspecified atom stereocenters. The molecule has 0 aliphatic rings. The second-order valence-corrected chi connectivity index (χ2v) is 9.39. The lowest BCUT2D eigenvalue weighted by atomic mass is 10.2. The van der Waals surface area contributed by atoms with Crippen molar-refractivity contribution in [2.45, 2.75) is 31.6 Å². The second-order valence-electron chi connectivity index (χ2n) is 7.60. The number of halogens is 2. The number of nitrogens with zero attached hydrogens (tertiary/aromatic N) is 3. The SMILES string of the molecule is C=CCn1c(SCC(=O)Nc2cc(C)ccc2OC)nnc1C(C)NC(=O)c1ccc(Cl)cc1Cl. The van der Waals surface area contributed by atoms with E-state index < -0.39 is 6.04 Å². The van der Waals surface area contributed by atoms with Crippen LogP contribution in [0.15, 0.2) is 54.2 Å². The van der Waals surface area contributed by atoms with E-state index in [-0.39, 0.29) is 22.6 Å². The molecule has 1 heterocycles. The van der Waals surface area contributed by atoms with E-state index in [2.05, 4.69) is 27.4 Å². The third-order valence-corrected chi connectivity index (χ3v) is 6.44. The molecule has 0 fully saturated rings. The Morgan fingerprint density at radius 2 is 2.00 bits per heavy atom. The molecule has 0 saturated heterocycles. The van der Waals surface area contributed by atoms with Gasteiger partial charge in [0.25, 0.3) is 5.91 Å². The molecule has 0 spiro atoms. The molecule has 1 aromatic heterocycles. The lowest BCUT2D eigenvalue weighted by Crippen LogP contribution is -2.29. The Bertz CT molecular complexity index is 1250. The number of allylic oxidation sites excluding steroid dienone is 1. The maximum Gasteiger partial charge on any atom is 0.253 e. The molecular weight excluding hydrogens is 509 g/mol. The van der Waals surface area contributed by atoms with Gasteiger partial charge in [-0.2, -0.15) is 0 Å². The maximum absolute atomic E-state index is 12.7. The quantitative estimate of drug-likeness (QED) is 0.270. The number of carbonyl (C=O) groups is 2. The molecule has 0 saturated carbocycles. The van der Waals surface area contributed by atoms with Crippen molar-refractivity contribution >= 4 is 52.5 Å². The van der Waals surface area contributed by atoms with Crippen molar-refractivity contribution in [3.8, 4) is 5.75 Å². The minimum Gasteiger partial charge on any atom is -0.495 e. The Morgan fingerprint density at radius 1 is 1.23 bits per heavy atom. The number of amides is 2. The minimum atomic E-state index is -0.485. The van der Waals surface area contributed by atoms with Gasteiger partial charge in [-0.05, 0) is 49.7 Å². The van der Waals surface area contributed by atoms with Gasteiger partial charge in [0.05, 0.1) is 35.2 Å². The van der Waals surface area contributed by atoms with E-state index >= 15 is 0 Å². The van der Waals surface area contributed by atoms with E-state index in [1.165, 1.54) is 17.8 Å². The summed E-state index contributed by atoms with van der Waals surface area (Å²) in [6.45, 7) is 7.91. The number of benzene rings is 2. The van der Waals surface area contributed by atoms with E-state index in [9.17, 15) is 9.59 Å². The van der Waals surface area contributed by atoms with Gasteiger partial charge in [-0.25, -0.2) is 0 Å². The number of thioether (sulfide) groups is 1. The number of hydrogen-bond donors (Lipinski definition) is 2. The molecule has 3 aromatic rings. The predicted molar refractivity (Wildman–Crippen MR) is 140 cm³/mol. The van der Waals surface area contributed by atoms with Crippen LogP contribution in [0.25, 0.3) is 0 Å². The van der Waals surface area contributed by atoms with Crippen molar-refractivity contribution in [2.75, 3.05) is 18.2 Å². The average molecular weight is 534 g/mol. The monoisotopic (exact) mass is 533 g/mol. The molecule has 0 radical (unpaired) electrons. The van der Waals surface area contributed by atoms with Gasteiger partial charge in [-0.3, -0.25) is 9.59 Å². The van der Waals surface area contributed by atoms with Crippen molar-refractivity contribution in [1.82, 2.24) is 20.1 Å². The molecule has 11 heteroatoms. The second kappa shape index (κ2) is 12.1. The van der Waals surface area contributed by atoms with E-state index in [0.29, 0.717) is 39.5 Å². The van der Waals surface area contributed by atoms with E-state index in [0.717, 1.165) is 5.56 Å². The van der Waals surface area contributed by atoms with Crippen LogP contribution in [-0.4, -0.2) is 39.4 Å². The number of rotatable bonds is 10. The number of anilines is 1. The molecule has 1 atom stereocenters. The van der Waals surface area contributed by atoms with Gasteiger partial charge in [0.1, 0.15) is 5.75 Å². The highest BCUT2D eigenvalue weighted by Gasteiger charge is 2.21. The van der Waals surface area contributed by atoms with Crippen LogP contribution in [0.5, 0.6) is 5.75 Å². The Labute approximate surface area is 218 Å². The number of methoxy groups -OCH3 is 1. The molecule has 184 valence electrons. The van der Waals surface area contributed by atoms with E-state index in [1.54, 1.807) is 42.9 Å². The first-order valence-corrected chi connectivity index (χ1v) is 12.3. The van der Waals surface area contributed by atoms with Gasteiger partial charge >= 0.3 is 0 Å². The molecule has 8 nitrogen and oxygen atoms in total. The van der Waals surface area contributed by atoms with Crippen LogP contribution >= 0.6 is 35.0 Å². The van der Waals surface area contributed by atoms with Crippen LogP contribution in [0.4, 0.5) is 5.69 Å². The fraction of sp³-hybridized carbons (Fsp3) is 0.250. The number of ether oxygens (including phenoxy) is 1. The van der Waals surface area contributed by atoms with Crippen LogP contribution in [0.1, 0.15) is 34.7 Å². The zero-order chi connectivity index (χ0) is 25.5. The third-order valence-electron chi connectivity index (χ3n) is 4.93. The average Bonchev–Trinajstić information content (AvgIpc) is 3.20. The largest absolute Gasteiger partial charge is 0.495 e. The number of nitrogens with one attached hydrogen (secondary N) is 2. The van der Waals surface area contributed by atoms with Crippen molar-refractivity contribution in [2.24, 2.45) is 0 Å². The summed E-state index contributed by atoms with van der Waals surface area (Å²) >= 11 is 13.3. The van der Waals surface area contributed by atoms with Crippen LogP contribution in [-0.2, 0) is 11.3 Å². The van der Waals surface area contributed by atoms with Crippen LogP contribution < -0.4 is 15.4 Å². The van der Waals surface area contributed by atoms with Crippen LogP contribution in [0, 0.1) is 6.92 Å². The first-order valence-electron chi connectivity index (χ1n) is 10.6. The smallest absolute Gasteiger partial charge is 0.253 e. The van der Waals surface area contributed by atoms with Gasteiger partial charge in [0, 0.05) is 11.6 Å². The highest BCUT2D eigenvalue weighted by molar-refractivity contribution is 7.99. The van der Waals surface area contributed by atoms with E-state index in [1.807, 2.05) is 19.1 Å². The minimum absolute atomic E-state index is 0.105. The van der Waals surface area contributed by atoms with Crippen LogP contribution in [0.3, 0.4) is 0 Å². The molecule has 2 aromatic carbocycles. The van der Waals surface area contributed by atoms with Gasteiger partial charge in [-0.1, -0.05) is 47.1 Å². The first-order chi connectivity index (χ1) is 16.7. The van der Waals surface area contributed by atoms with Crippen LogP contribution in [0.2, 0.25) is 10.0 Å². The summed E-state index contributed by atoms with van der Waals surface area (Å²) in [7, 11) is 1.55. The third kappa shape index (κ3) is 6.78. The fourth-order valence-corrected chi connectivity index (χ4v) is 4.53. The van der Waals surface area contributed by atoms with Gasteiger partial charge in [0.2, 0.25) is 5.91 Å². The number of aromatic nitrogens is 3. The number of aryl methyl sites for hydroxylation is 1. The highest BCUT2D eigenvalue weighted by atomic mass is 35.5. The molecule has 3 rings (SSSR count). The molecule has 35 heavy (non-hydrogen) atoms. The zero-order valence-corrected chi connectivity index (χ0v) is 21.8. The number of hydrogen-bond acceptors (Lipinski definition) is 6. The predicted octanol–water partition coefficient (Wildman–Crippen LogP) is 5.31. The Hall–Kier alpha value is -3.01. The topological polar surface area (TPSA) is 98.1 Å². The summed E-state index contributed by atoms with van der Waals surface area (Å²) in [6, 6.07) is 9.73. The van der Waals surface area contributed by atoms with E-state index in [4.69, 9.17) is 27.9 Å². The molecule has 0 aliphatic carbocycles. The summed E-state index contributed by atoms with van der Waals surface area (Å²) in [5.41, 5.74) is 1.90. The van der Waals surface area contributed by atoms with Crippen molar-refractivity contribution in [3.63, 3.8) is 0 Å². The van der Waals surface area contributed by atoms with Gasteiger partial charge < -0.3 is 19.9 Å². The first kappa shape index (κ1) is 26.6. The van der Waals surface area contributed by atoms with Gasteiger partial charge in [-0.15, -0.1) is 16.8 Å². The summed E-state index contributed by atoms with van der Waals surface area (Å²) in [4.78, 5) is 25.3. The summed E-state index contributed by atoms with van der Waals surface area (Å²) < 4.78 is 7.11.